The molecule has 5 heteroatoms. The first-order valence-corrected chi connectivity index (χ1v) is 10.9. The van der Waals surface area contributed by atoms with Crippen LogP contribution in [0.25, 0.3) is 0 Å². The Hall–Kier alpha value is -2.43. The summed E-state index contributed by atoms with van der Waals surface area (Å²) in [4.78, 5) is 19.7. The van der Waals surface area contributed by atoms with Crippen molar-refractivity contribution in [3.63, 3.8) is 0 Å². The molecular formula is C24H30FN3O. The van der Waals surface area contributed by atoms with Gasteiger partial charge in [0.1, 0.15) is 11.6 Å². The Bertz CT molecular complexity index is 869. The molecule has 29 heavy (non-hydrogen) atoms. The van der Waals surface area contributed by atoms with Crippen LogP contribution < -0.4 is 5.32 Å². The maximum Gasteiger partial charge on any atom is 0.226 e. The monoisotopic (exact) mass is 395 g/mol. The molecule has 1 fully saturated rings. The van der Waals surface area contributed by atoms with E-state index in [1.165, 1.54) is 18.1 Å². The molecule has 0 aliphatic carbocycles. The molecule has 0 spiro atoms. The van der Waals surface area contributed by atoms with Gasteiger partial charge in [0.05, 0.1) is 0 Å². The number of pyridine rings is 1. The Morgan fingerprint density at radius 3 is 3.03 bits per heavy atom. The highest BCUT2D eigenvalue weighted by Crippen LogP contribution is 2.35. The van der Waals surface area contributed by atoms with Crippen molar-refractivity contribution in [3.05, 3.63) is 59.0 Å². The summed E-state index contributed by atoms with van der Waals surface area (Å²) in [5.41, 5.74) is 3.34. The van der Waals surface area contributed by atoms with Crippen LogP contribution in [-0.2, 0) is 17.6 Å². The minimum Gasteiger partial charge on any atom is -0.370 e. The minimum absolute atomic E-state index is 0.0344. The number of hydrogen-bond donors (Lipinski definition) is 1. The Morgan fingerprint density at radius 1 is 1.31 bits per heavy atom. The zero-order chi connectivity index (χ0) is 20.2. The summed E-state index contributed by atoms with van der Waals surface area (Å²) in [7, 11) is 0. The van der Waals surface area contributed by atoms with Crippen molar-refractivity contribution in [2.24, 2.45) is 5.92 Å². The predicted molar refractivity (Wildman–Crippen MR) is 113 cm³/mol. The summed E-state index contributed by atoms with van der Waals surface area (Å²) in [6.07, 6.45) is 5.77. The van der Waals surface area contributed by atoms with E-state index in [0.29, 0.717) is 0 Å². The molecule has 0 radical (unpaired) electrons. The number of fused-ring (bicyclic) bond motifs is 1. The molecule has 0 saturated carbocycles. The Kier molecular flexibility index (Phi) is 6.12. The van der Waals surface area contributed by atoms with Gasteiger partial charge in [-0.05, 0) is 73.8 Å². The van der Waals surface area contributed by atoms with E-state index in [2.05, 4.69) is 24.4 Å². The first-order chi connectivity index (χ1) is 14.2. The number of carbonyl (C=O) groups excluding carboxylic acids is 1. The highest BCUT2D eigenvalue weighted by atomic mass is 19.1. The maximum atomic E-state index is 13.7. The fourth-order valence-corrected chi connectivity index (χ4v) is 4.81. The van der Waals surface area contributed by atoms with Gasteiger partial charge in [0, 0.05) is 31.2 Å². The summed E-state index contributed by atoms with van der Waals surface area (Å²) in [5.74, 6) is 1.09. The number of aryl methyl sites for hydroxylation is 2. The van der Waals surface area contributed by atoms with E-state index in [-0.39, 0.29) is 23.6 Å². The number of anilines is 1. The van der Waals surface area contributed by atoms with Crippen LogP contribution in [0.3, 0.4) is 0 Å². The lowest BCUT2D eigenvalue weighted by Gasteiger charge is -2.23. The summed E-state index contributed by atoms with van der Waals surface area (Å²) in [6.45, 7) is 4.65. The predicted octanol–water partition coefficient (Wildman–Crippen LogP) is 4.55. The smallest absolute Gasteiger partial charge is 0.226 e. The summed E-state index contributed by atoms with van der Waals surface area (Å²) >= 11 is 0. The van der Waals surface area contributed by atoms with Gasteiger partial charge in [0.15, 0.2) is 0 Å². The van der Waals surface area contributed by atoms with Crippen LogP contribution in [-0.4, -0.2) is 35.4 Å². The first-order valence-electron chi connectivity index (χ1n) is 10.9. The number of rotatable bonds is 7. The molecule has 1 amide bonds. The van der Waals surface area contributed by atoms with Gasteiger partial charge in [0.25, 0.3) is 0 Å². The fraction of sp³-hybridized carbons (Fsp3) is 0.500. The molecule has 0 bridgehead atoms. The van der Waals surface area contributed by atoms with Gasteiger partial charge < -0.3 is 10.2 Å². The number of nitrogens with zero attached hydrogens (tertiary/aromatic N) is 2. The van der Waals surface area contributed by atoms with E-state index < -0.39 is 0 Å². The standard InChI is InChI=1S/C24H30FN3O/c1-2-21(18-6-3-8-19(25)16-18)22-12-15-28(24(22)29)14-5-9-20-11-10-17-7-4-13-26-23(17)27-20/h3,6,8,10-11,16,21-22H,2,4-5,7,9,12-15H2,1H3,(H,26,27). The van der Waals surface area contributed by atoms with E-state index >= 15 is 0 Å². The average molecular weight is 396 g/mol. The number of likely N-dealkylation sites (tertiary alicyclic amines) is 1. The molecule has 1 aromatic heterocycles. The van der Waals surface area contributed by atoms with Gasteiger partial charge in [-0.2, -0.15) is 0 Å². The Labute approximate surface area is 172 Å². The van der Waals surface area contributed by atoms with Crippen LogP contribution in [0, 0.1) is 11.7 Å². The number of benzene rings is 1. The summed E-state index contributed by atoms with van der Waals surface area (Å²) < 4.78 is 13.7. The molecule has 154 valence electrons. The van der Waals surface area contributed by atoms with Crippen LogP contribution in [0.15, 0.2) is 36.4 Å². The van der Waals surface area contributed by atoms with E-state index in [9.17, 15) is 9.18 Å². The second kappa shape index (κ2) is 8.93. The van der Waals surface area contributed by atoms with E-state index in [4.69, 9.17) is 4.98 Å². The lowest BCUT2D eigenvalue weighted by Crippen LogP contribution is -2.30. The van der Waals surface area contributed by atoms with Crippen LogP contribution in [0.2, 0.25) is 0 Å². The van der Waals surface area contributed by atoms with Gasteiger partial charge in [-0.1, -0.05) is 25.1 Å². The molecule has 1 saturated heterocycles. The summed E-state index contributed by atoms with van der Waals surface area (Å²) in [6, 6.07) is 11.0. The van der Waals surface area contributed by atoms with Crippen LogP contribution in [0.1, 0.15) is 55.3 Å². The number of nitrogens with one attached hydrogen (secondary N) is 1. The van der Waals surface area contributed by atoms with Crippen molar-refractivity contribution in [1.29, 1.82) is 0 Å². The highest BCUT2D eigenvalue weighted by Gasteiger charge is 2.36. The van der Waals surface area contributed by atoms with E-state index in [0.717, 1.165) is 68.8 Å². The van der Waals surface area contributed by atoms with Crippen molar-refractivity contribution < 1.29 is 9.18 Å². The number of aromatic nitrogens is 1. The fourth-order valence-electron chi connectivity index (χ4n) is 4.81. The molecule has 2 aromatic rings. The third kappa shape index (κ3) is 4.44. The number of hydrogen-bond acceptors (Lipinski definition) is 3. The van der Waals surface area contributed by atoms with Crippen molar-refractivity contribution in [1.82, 2.24) is 9.88 Å². The second-order valence-corrected chi connectivity index (χ2v) is 8.23. The number of halogens is 1. The molecule has 3 heterocycles. The minimum atomic E-state index is -0.227. The van der Waals surface area contributed by atoms with Gasteiger partial charge in [-0.25, -0.2) is 9.37 Å². The van der Waals surface area contributed by atoms with Crippen molar-refractivity contribution in [2.75, 3.05) is 25.0 Å². The Morgan fingerprint density at radius 2 is 2.21 bits per heavy atom. The molecule has 1 N–H and O–H groups in total. The van der Waals surface area contributed by atoms with Crippen molar-refractivity contribution in [2.45, 2.75) is 51.4 Å². The van der Waals surface area contributed by atoms with Crippen LogP contribution in [0.5, 0.6) is 0 Å². The summed E-state index contributed by atoms with van der Waals surface area (Å²) in [5, 5.41) is 3.38. The molecule has 2 atom stereocenters. The van der Waals surface area contributed by atoms with E-state index in [1.54, 1.807) is 12.1 Å². The lowest BCUT2D eigenvalue weighted by molar-refractivity contribution is -0.131. The zero-order valence-corrected chi connectivity index (χ0v) is 17.2. The molecule has 4 rings (SSSR count). The average Bonchev–Trinajstić information content (AvgIpc) is 3.09. The molecular weight excluding hydrogens is 365 g/mol. The van der Waals surface area contributed by atoms with Crippen molar-refractivity contribution in [3.8, 4) is 0 Å². The first kappa shape index (κ1) is 19.9. The van der Waals surface area contributed by atoms with Gasteiger partial charge in [-0.3, -0.25) is 4.79 Å². The molecule has 2 aliphatic heterocycles. The Balaban J connectivity index is 1.33. The SMILES string of the molecule is CCC(c1cccc(F)c1)C1CCN(CCCc2ccc3c(n2)NCCC3)C1=O. The highest BCUT2D eigenvalue weighted by molar-refractivity contribution is 5.82. The second-order valence-electron chi connectivity index (χ2n) is 8.23. The van der Waals surface area contributed by atoms with Crippen LogP contribution >= 0.6 is 0 Å². The third-order valence-corrected chi connectivity index (χ3v) is 6.35. The molecule has 4 nitrogen and oxygen atoms in total. The zero-order valence-electron chi connectivity index (χ0n) is 17.2. The van der Waals surface area contributed by atoms with Crippen molar-refractivity contribution >= 4 is 11.7 Å². The topological polar surface area (TPSA) is 45.2 Å². The quantitative estimate of drug-likeness (QED) is 0.748. The number of carbonyl (C=O) groups is 1. The third-order valence-electron chi connectivity index (χ3n) is 6.35. The molecule has 2 unspecified atom stereocenters. The van der Waals surface area contributed by atoms with Gasteiger partial charge >= 0.3 is 0 Å². The number of amides is 1. The molecule has 1 aromatic carbocycles. The maximum absolute atomic E-state index is 13.7. The molecule has 2 aliphatic rings. The lowest BCUT2D eigenvalue weighted by atomic mass is 9.83. The van der Waals surface area contributed by atoms with Crippen LogP contribution in [0.4, 0.5) is 10.2 Å². The normalized spacial score (nSPS) is 19.7. The largest absolute Gasteiger partial charge is 0.370 e. The van der Waals surface area contributed by atoms with Gasteiger partial charge in [0.2, 0.25) is 5.91 Å². The van der Waals surface area contributed by atoms with Gasteiger partial charge in [-0.15, -0.1) is 0 Å². The van der Waals surface area contributed by atoms with E-state index in [1.807, 2.05) is 11.0 Å².